The zero-order valence-corrected chi connectivity index (χ0v) is 10.9. The largest absolute Gasteiger partial charge is 0.419 e. The smallest absolute Gasteiger partial charge is 0.366 e. The molecule has 0 aliphatic rings. The van der Waals surface area contributed by atoms with Crippen molar-refractivity contribution in [1.29, 1.82) is 0 Å². The normalized spacial score (nSPS) is 10.4. The summed E-state index contributed by atoms with van der Waals surface area (Å²) in [6.07, 6.45) is 0. The number of para-hydroxylation sites is 1. The minimum atomic E-state index is -0.762. The molecule has 0 N–H and O–H groups in total. The molecule has 0 saturated heterocycles. The van der Waals surface area contributed by atoms with Crippen LogP contribution in [-0.2, 0) is 0 Å². The zero-order valence-electron chi connectivity index (χ0n) is 10.1. The first-order valence-electron chi connectivity index (χ1n) is 5.71. The zero-order chi connectivity index (χ0) is 13.9. The van der Waals surface area contributed by atoms with E-state index < -0.39 is 11.8 Å². The van der Waals surface area contributed by atoms with E-state index in [0.29, 0.717) is 5.76 Å². The van der Waals surface area contributed by atoms with Crippen LogP contribution in [-0.4, -0.2) is 11.1 Å². The van der Waals surface area contributed by atoms with Crippen LogP contribution in [0.3, 0.4) is 0 Å². The maximum Gasteiger partial charge on any atom is 0.366 e. The van der Waals surface area contributed by atoms with Crippen molar-refractivity contribution in [2.45, 2.75) is 0 Å². The number of carbonyl (C=O) groups is 1. The Labute approximate surface area is 117 Å². The number of aromatic nitrogens is 1. The van der Waals surface area contributed by atoms with Gasteiger partial charge in [-0.05, 0) is 23.6 Å². The van der Waals surface area contributed by atoms with Gasteiger partial charge in [-0.2, -0.15) is 0 Å². The van der Waals surface area contributed by atoms with Crippen LogP contribution in [0.25, 0.3) is 10.6 Å². The van der Waals surface area contributed by atoms with Crippen molar-refractivity contribution in [1.82, 2.24) is 5.16 Å². The topological polar surface area (TPSA) is 52.3 Å². The highest BCUT2D eigenvalue weighted by Crippen LogP contribution is 2.25. The highest BCUT2D eigenvalue weighted by Gasteiger charge is 2.17. The van der Waals surface area contributed by atoms with Gasteiger partial charge in [0, 0.05) is 6.07 Å². The van der Waals surface area contributed by atoms with Crippen molar-refractivity contribution in [3.05, 3.63) is 59.4 Å². The molecule has 0 saturated carbocycles. The molecule has 0 bridgehead atoms. The first-order valence-corrected chi connectivity index (χ1v) is 6.59. The minimum Gasteiger partial charge on any atom is -0.419 e. The van der Waals surface area contributed by atoms with Crippen molar-refractivity contribution in [3.63, 3.8) is 0 Å². The van der Waals surface area contributed by atoms with Crippen LogP contribution in [0.4, 0.5) is 4.39 Å². The number of esters is 1. The van der Waals surface area contributed by atoms with Crippen molar-refractivity contribution in [2.24, 2.45) is 0 Å². The highest BCUT2D eigenvalue weighted by atomic mass is 32.1. The number of hydrogen-bond acceptors (Lipinski definition) is 5. The lowest BCUT2D eigenvalue weighted by Crippen LogP contribution is -2.09. The number of halogens is 1. The molecule has 6 heteroatoms. The van der Waals surface area contributed by atoms with Crippen LogP contribution in [0, 0.1) is 5.82 Å². The molecule has 3 aromatic rings. The van der Waals surface area contributed by atoms with E-state index in [1.807, 2.05) is 17.5 Å². The van der Waals surface area contributed by atoms with Gasteiger partial charge in [0.25, 0.3) is 0 Å². The average Bonchev–Trinajstić information content (AvgIpc) is 3.11. The first kappa shape index (κ1) is 12.6. The third-order valence-corrected chi connectivity index (χ3v) is 3.41. The number of hydrogen-bond donors (Lipinski definition) is 0. The summed E-state index contributed by atoms with van der Waals surface area (Å²) in [5, 5.41) is 5.52. The summed E-state index contributed by atoms with van der Waals surface area (Å²) < 4.78 is 23.4. The molecular formula is C14H8FNO3S. The number of carbonyl (C=O) groups excluding carboxylic acids is 1. The molecule has 0 aliphatic carbocycles. The van der Waals surface area contributed by atoms with Crippen LogP contribution in [0.2, 0.25) is 0 Å². The number of nitrogens with zero attached hydrogens (tertiary/aromatic N) is 1. The molecule has 0 aliphatic heterocycles. The Kier molecular flexibility index (Phi) is 3.30. The molecular weight excluding hydrogens is 281 g/mol. The van der Waals surface area contributed by atoms with Crippen molar-refractivity contribution in [3.8, 4) is 16.4 Å². The van der Waals surface area contributed by atoms with E-state index in [0.717, 1.165) is 4.88 Å². The lowest BCUT2D eigenvalue weighted by molar-refractivity contribution is 0.0717. The fraction of sp³-hybridized carbons (Fsp3) is 0. The van der Waals surface area contributed by atoms with Gasteiger partial charge in [0.1, 0.15) is 0 Å². The summed E-state index contributed by atoms with van der Waals surface area (Å²) in [6, 6.07) is 10.8. The van der Waals surface area contributed by atoms with E-state index in [9.17, 15) is 9.18 Å². The Morgan fingerprint density at radius 1 is 1.25 bits per heavy atom. The quantitative estimate of drug-likeness (QED) is 0.544. The molecule has 0 unspecified atom stereocenters. The Bertz CT molecular complexity index is 736. The summed E-state index contributed by atoms with van der Waals surface area (Å²) in [5.41, 5.74) is -0.00310. The maximum absolute atomic E-state index is 13.4. The van der Waals surface area contributed by atoms with Crippen LogP contribution in [0.15, 0.2) is 52.4 Å². The Balaban J connectivity index is 1.80. The average molecular weight is 289 g/mol. The van der Waals surface area contributed by atoms with E-state index in [4.69, 9.17) is 9.26 Å². The van der Waals surface area contributed by atoms with Crippen molar-refractivity contribution in [2.75, 3.05) is 0 Å². The second kappa shape index (κ2) is 5.26. The fourth-order valence-corrected chi connectivity index (χ4v) is 2.26. The molecule has 0 spiro atoms. The molecule has 2 aromatic heterocycles. The second-order valence-corrected chi connectivity index (χ2v) is 4.82. The van der Waals surface area contributed by atoms with E-state index in [2.05, 4.69) is 5.16 Å². The SMILES string of the molecule is O=C(Oc1ccccc1F)c1cc(-c2cccs2)on1. The Hall–Kier alpha value is -2.47. The van der Waals surface area contributed by atoms with Gasteiger partial charge in [-0.3, -0.25) is 0 Å². The molecule has 0 fully saturated rings. The second-order valence-electron chi connectivity index (χ2n) is 3.87. The minimum absolute atomic E-state index is 0.00310. The number of rotatable bonds is 3. The van der Waals surface area contributed by atoms with Gasteiger partial charge in [0.05, 0.1) is 4.88 Å². The fourth-order valence-electron chi connectivity index (χ4n) is 1.59. The van der Waals surface area contributed by atoms with Gasteiger partial charge >= 0.3 is 5.97 Å². The summed E-state index contributed by atoms with van der Waals surface area (Å²) in [4.78, 5) is 12.7. The Morgan fingerprint density at radius 2 is 2.10 bits per heavy atom. The van der Waals surface area contributed by atoms with Crippen LogP contribution < -0.4 is 4.74 Å². The number of benzene rings is 1. The lowest BCUT2D eigenvalue weighted by atomic mass is 10.3. The van der Waals surface area contributed by atoms with Crippen LogP contribution in [0.5, 0.6) is 5.75 Å². The molecule has 0 amide bonds. The van der Waals surface area contributed by atoms with Gasteiger partial charge in [0.15, 0.2) is 23.0 Å². The van der Waals surface area contributed by atoms with E-state index >= 15 is 0 Å². The maximum atomic E-state index is 13.4. The molecule has 0 radical (unpaired) electrons. The van der Waals surface area contributed by atoms with Crippen molar-refractivity contribution >= 4 is 17.3 Å². The van der Waals surface area contributed by atoms with Crippen molar-refractivity contribution < 1.29 is 18.4 Å². The predicted molar refractivity (Wildman–Crippen MR) is 71.2 cm³/mol. The predicted octanol–water partition coefficient (Wildman–Crippen LogP) is 3.76. The number of ether oxygens (including phenoxy) is 1. The lowest BCUT2D eigenvalue weighted by Gasteiger charge is -2.01. The summed E-state index contributed by atoms with van der Waals surface area (Å²) in [5.74, 6) is -1.04. The van der Waals surface area contributed by atoms with Gasteiger partial charge in [0.2, 0.25) is 0 Å². The highest BCUT2D eigenvalue weighted by molar-refractivity contribution is 7.13. The third kappa shape index (κ3) is 2.46. The molecule has 1 aromatic carbocycles. The number of thiophene rings is 1. The van der Waals surface area contributed by atoms with E-state index in [1.165, 1.54) is 35.6 Å². The molecule has 0 atom stereocenters. The van der Waals surface area contributed by atoms with Gasteiger partial charge in [-0.1, -0.05) is 23.4 Å². The molecule has 20 heavy (non-hydrogen) atoms. The standard InChI is InChI=1S/C14H8FNO3S/c15-9-4-1-2-5-11(9)18-14(17)10-8-12(19-16-10)13-6-3-7-20-13/h1-8H. The molecule has 2 heterocycles. The summed E-state index contributed by atoms with van der Waals surface area (Å²) in [7, 11) is 0. The Morgan fingerprint density at radius 3 is 2.85 bits per heavy atom. The molecule has 100 valence electrons. The first-order chi connectivity index (χ1) is 9.74. The van der Waals surface area contributed by atoms with Gasteiger partial charge in [-0.15, -0.1) is 11.3 Å². The summed E-state index contributed by atoms with van der Waals surface area (Å²) >= 11 is 1.46. The van der Waals surface area contributed by atoms with Crippen LogP contribution in [0.1, 0.15) is 10.5 Å². The van der Waals surface area contributed by atoms with Gasteiger partial charge in [-0.25, -0.2) is 9.18 Å². The molecule has 4 nitrogen and oxygen atoms in total. The third-order valence-electron chi connectivity index (χ3n) is 2.52. The molecule has 3 rings (SSSR count). The van der Waals surface area contributed by atoms with Gasteiger partial charge < -0.3 is 9.26 Å². The van der Waals surface area contributed by atoms with E-state index in [-0.39, 0.29) is 11.4 Å². The van der Waals surface area contributed by atoms with E-state index in [1.54, 1.807) is 6.07 Å². The summed E-state index contributed by atoms with van der Waals surface area (Å²) in [6.45, 7) is 0. The van der Waals surface area contributed by atoms with Crippen LogP contribution >= 0.6 is 11.3 Å². The monoisotopic (exact) mass is 289 g/mol.